The first-order valence-electron chi connectivity index (χ1n) is 6.58. The van der Waals surface area contributed by atoms with Gasteiger partial charge in [-0.1, -0.05) is 6.07 Å². The van der Waals surface area contributed by atoms with Crippen LogP contribution in [-0.4, -0.2) is 24.3 Å². The van der Waals surface area contributed by atoms with E-state index in [4.69, 9.17) is 9.47 Å². The van der Waals surface area contributed by atoms with Crippen molar-refractivity contribution in [1.82, 2.24) is 4.98 Å². The molecule has 6 heteroatoms. The number of ether oxygens (including phenoxy) is 2. The van der Waals surface area contributed by atoms with E-state index < -0.39 is 11.9 Å². The summed E-state index contributed by atoms with van der Waals surface area (Å²) in [6.07, 6.45) is -0.933. The summed E-state index contributed by atoms with van der Waals surface area (Å²) in [6, 6.07) is 9.80. The van der Waals surface area contributed by atoms with E-state index in [-0.39, 0.29) is 5.75 Å². The number of aromatic nitrogens is 1. The van der Waals surface area contributed by atoms with Gasteiger partial charge < -0.3 is 14.6 Å². The van der Waals surface area contributed by atoms with Crippen LogP contribution in [-0.2, 0) is 0 Å². The predicted octanol–water partition coefficient (Wildman–Crippen LogP) is 3.53. The average Bonchev–Trinajstić information content (AvgIpc) is 2.97. The molecule has 0 bridgehead atoms. The van der Waals surface area contributed by atoms with Crippen LogP contribution in [0.15, 0.2) is 36.4 Å². The van der Waals surface area contributed by atoms with Gasteiger partial charge in [0.1, 0.15) is 16.9 Å². The van der Waals surface area contributed by atoms with Crippen LogP contribution in [0.4, 0.5) is 4.39 Å². The van der Waals surface area contributed by atoms with Gasteiger partial charge in [-0.15, -0.1) is 11.3 Å². The van der Waals surface area contributed by atoms with E-state index >= 15 is 0 Å². The molecule has 0 aliphatic rings. The number of hydrogen-bond donors (Lipinski definition) is 1. The number of fused-ring (bicyclic) bond motifs is 1. The minimum atomic E-state index is -0.933. The highest BCUT2D eigenvalue weighted by atomic mass is 32.1. The Morgan fingerprint density at radius 1 is 1.14 bits per heavy atom. The van der Waals surface area contributed by atoms with Crippen molar-refractivity contribution in [2.24, 2.45) is 0 Å². The lowest BCUT2D eigenvalue weighted by Gasteiger charge is -2.10. The summed E-state index contributed by atoms with van der Waals surface area (Å²) >= 11 is 1.37. The molecule has 114 valence electrons. The Morgan fingerprint density at radius 3 is 2.68 bits per heavy atom. The van der Waals surface area contributed by atoms with Crippen LogP contribution in [0.2, 0.25) is 0 Å². The van der Waals surface area contributed by atoms with Crippen LogP contribution < -0.4 is 9.47 Å². The number of methoxy groups -OCH3 is 2. The van der Waals surface area contributed by atoms with Crippen molar-refractivity contribution in [3.63, 3.8) is 0 Å². The molecule has 1 atom stereocenters. The molecule has 0 aliphatic carbocycles. The number of nitrogens with zero attached hydrogens (tertiary/aromatic N) is 1. The van der Waals surface area contributed by atoms with Crippen molar-refractivity contribution in [3.05, 3.63) is 52.8 Å². The molecular formula is C16H14FNO3S. The van der Waals surface area contributed by atoms with Crippen molar-refractivity contribution in [3.8, 4) is 11.5 Å². The molecule has 0 aliphatic heterocycles. The molecule has 0 amide bonds. The molecule has 1 heterocycles. The summed E-state index contributed by atoms with van der Waals surface area (Å²) < 4.78 is 24.5. The lowest BCUT2D eigenvalue weighted by atomic mass is 10.1. The molecule has 22 heavy (non-hydrogen) atoms. The highest BCUT2D eigenvalue weighted by molar-refractivity contribution is 7.18. The second kappa shape index (κ2) is 5.90. The minimum absolute atomic E-state index is 0.0966. The molecule has 4 nitrogen and oxygen atoms in total. The van der Waals surface area contributed by atoms with Crippen LogP contribution in [0.25, 0.3) is 10.2 Å². The van der Waals surface area contributed by atoms with Gasteiger partial charge in [0.15, 0.2) is 11.6 Å². The van der Waals surface area contributed by atoms with Gasteiger partial charge in [0.2, 0.25) is 0 Å². The Balaban J connectivity index is 1.99. The van der Waals surface area contributed by atoms with E-state index in [2.05, 4.69) is 4.98 Å². The topological polar surface area (TPSA) is 51.6 Å². The van der Waals surface area contributed by atoms with Gasteiger partial charge >= 0.3 is 0 Å². The smallest absolute Gasteiger partial charge is 0.165 e. The van der Waals surface area contributed by atoms with Crippen molar-refractivity contribution in [1.29, 1.82) is 0 Å². The first-order chi connectivity index (χ1) is 10.6. The zero-order valence-corrected chi connectivity index (χ0v) is 12.9. The molecule has 1 aromatic heterocycles. The molecule has 0 radical (unpaired) electrons. The average molecular weight is 319 g/mol. The number of thiazole rings is 1. The number of halogens is 1. The monoisotopic (exact) mass is 319 g/mol. The van der Waals surface area contributed by atoms with Crippen LogP contribution in [0.5, 0.6) is 11.5 Å². The molecule has 3 aromatic rings. The Morgan fingerprint density at radius 2 is 1.95 bits per heavy atom. The van der Waals surface area contributed by atoms with E-state index in [9.17, 15) is 9.50 Å². The summed E-state index contributed by atoms with van der Waals surface area (Å²) in [5, 5.41) is 11.0. The maximum absolute atomic E-state index is 13.5. The SMILES string of the molecule is COc1ccc2nc(C(O)c3ccc(F)c(OC)c3)sc2c1. The maximum Gasteiger partial charge on any atom is 0.165 e. The quantitative estimate of drug-likeness (QED) is 0.799. The van der Waals surface area contributed by atoms with E-state index in [1.165, 1.54) is 36.6 Å². The molecule has 0 saturated carbocycles. The number of hydrogen-bond acceptors (Lipinski definition) is 5. The number of rotatable bonds is 4. The normalized spacial score (nSPS) is 12.4. The third-order valence-corrected chi connectivity index (χ3v) is 4.41. The van der Waals surface area contributed by atoms with Gasteiger partial charge in [-0.3, -0.25) is 0 Å². The number of benzene rings is 2. The summed E-state index contributed by atoms with van der Waals surface area (Å²) in [5.74, 6) is 0.368. The fourth-order valence-electron chi connectivity index (χ4n) is 2.16. The molecule has 2 aromatic carbocycles. The molecule has 0 spiro atoms. The molecule has 0 fully saturated rings. The lowest BCUT2D eigenvalue weighted by molar-refractivity contribution is 0.219. The summed E-state index contributed by atoms with van der Waals surface area (Å²) in [7, 11) is 2.99. The van der Waals surface area contributed by atoms with Crippen molar-refractivity contribution >= 4 is 21.6 Å². The van der Waals surface area contributed by atoms with Gasteiger partial charge in [0.05, 0.1) is 24.4 Å². The molecule has 1 unspecified atom stereocenters. The first kappa shape index (κ1) is 14.7. The highest BCUT2D eigenvalue weighted by Gasteiger charge is 2.17. The minimum Gasteiger partial charge on any atom is -0.497 e. The molecule has 3 rings (SSSR count). The van der Waals surface area contributed by atoms with Gasteiger partial charge in [-0.05, 0) is 35.9 Å². The number of aliphatic hydroxyl groups is 1. The van der Waals surface area contributed by atoms with E-state index in [0.29, 0.717) is 10.6 Å². The van der Waals surface area contributed by atoms with Crippen molar-refractivity contribution in [2.45, 2.75) is 6.10 Å². The zero-order valence-electron chi connectivity index (χ0n) is 12.0. The summed E-state index contributed by atoms with van der Waals surface area (Å²) in [6.45, 7) is 0. The summed E-state index contributed by atoms with van der Waals surface area (Å²) in [5.41, 5.74) is 1.32. The van der Waals surface area contributed by atoms with Crippen LogP contribution in [0, 0.1) is 5.82 Å². The molecular weight excluding hydrogens is 305 g/mol. The number of aliphatic hydroxyl groups excluding tert-OH is 1. The fourth-order valence-corrected chi connectivity index (χ4v) is 3.17. The second-order valence-corrected chi connectivity index (χ2v) is 5.74. The second-order valence-electron chi connectivity index (χ2n) is 4.68. The Bertz CT molecular complexity index is 818. The van der Waals surface area contributed by atoms with Crippen molar-refractivity contribution in [2.75, 3.05) is 14.2 Å². The third kappa shape index (κ3) is 2.63. The Kier molecular flexibility index (Phi) is 3.96. The molecule has 1 N–H and O–H groups in total. The summed E-state index contributed by atoms with van der Waals surface area (Å²) in [4.78, 5) is 4.42. The van der Waals surface area contributed by atoms with Crippen molar-refractivity contribution < 1.29 is 19.0 Å². The van der Waals surface area contributed by atoms with E-state index in [1.807, 2.05) is 18.2 Å². The Hall–Kier alpha value is -2.18. The van der Waals surface area contributed by atoms with Crippen LogP contribution in [0.3, 0.4) is 0 Å². The largest absolute Gasteiger partial charge is 0.497 e. The third-order valence-electron chi connectivity index (χ3n) is 3.34. The van der Waals surface area contributed by atoms with Gasteiger partial charge in [0, 0.05) is 0 Å². The highest BCUT2D eigenvalue weighted by Crippen LogP contribution is 2.33. The van der Waals surface area contributed by atoms with Crippen LogP contribution in [0.1, 0.15) is 16.7 Å². The Labute approximate surface area is 130 Å². The van der Waals surface area contributed by atoms with E-state index in [1.54, 1.807) is 7.11 Å². The van der Waals surface area contributed by atoms with Gasteiger partial charge in [-0.25, -0.2) is 9.37 Å². The predicted molar refractivity (Wildman–Crippen MR) is 83.2 cm³/mol. The van der Waals surface area contributed by atoms with Crippen LogP contribution >= 0.6 is 11.3 Å². The maximum atomic E-state index is 13.5. The zero-order chi connectivity index (χ0) is 15.7. The fraction of sp³-hybridized carbons (Fsp3) is 0.188. The first-order valence-corrected chi connectivity index (χ1v) is 7.40. The van der Waals surface area contributed by atoms with E-state index in [0.717, 1.165) is 16.0 Å². The molecule has 0 saturated heterocycles. The van der Waals surface area contributed by atoms with Gasteiger partial charge in [0.25, 0.3) is 0 Å². The standard InChI is InChI=1S/C16H14FNO3S/c1-20-10-4-6-12-14(8-10)22-16(18-12)15(19)9-3-5-11(17)13(7-9)21-2/h3-8,15,19H,1-2H3. The lowest BCUT2D eigenvalue weighted by Crippen LogP contribution is -2.00. The van der Waals surface area contributed by atoms with Gasteiger partial charge in [-0.2, -0.15) is 0 Å².